The summed E-state index contributed by atoms with van der Waals surface area (Å²) >= 11 is 5.91. The van der Waals surface area contributed by atoms with Crippen LogP contribution < -0.4 is 10.6 Å². The third-order valence-electron chi connectivity index (χ3n) is 3.38. The minimum Gasteiger partial charge on any atom is -0.324 e. The minimum atomic E-state index is -0.272. The molecule has 1 aromatic heterocycles. The minimum absolute atomic E-state index is 0.272. The van der Waals surface area contributed by atoms with Gasteiger partial charge in [-0.2, -0.15) is 0 Å². The number of amides is 1. The lowest BCUT2D eigenvalue weighted by molar-refractivity contribution is 0.102. The van der Waals surface area contributed by atoms with Crippen LogP contribution in [0, 0.1) is 6.92 Å². The predicted octanol–water partition coefficient (Wildman–Crippen LogP) is 4.43. The summed E-state index contributed by atoms with van der Waals surface area (Å²) in [5.74, 6) is 0.159. The first-order valence-corrected chi connectivity index (χ1v) is 7.71. The first kappa shape index (κ1) is 16.0. The Balaban J connectivity index is 1.69. The molecule has 0 unspecified atom stereocenters. The summed E-state index contributed by atoms with van der Waals surface area (Å²) in [7, 11) is 0. The van der Waals surface area contributed by atoms with Crippen LogP contribution in [0.2, 0.25) is 5.02 Å². The van der Waals surface area contributed by atoms with Gasteiger partial charge in [0.05, 0.1) is 5.56 Å². The molecule has 3 rings (SSSR count). The third-order valence-corrected chi connectivity index (χ3v) is 3.62. The second kappa shape index (κ2) is 7.10. The smallest absolute Gasteiger partial charge is 0.258 e. The summed E-state index contributed by atoms with van der Waals surface area (Å²) in [6, 6.07) is 14.9. The summed E-state index contributed by atoms with van der Waals surface area (Å²) in [4.78, 5) is 20.6. The van der Waals surface area contributed by atoms with Gasteiger partial charge in [0.1, 0.15) is 0 Å². The van der Waals surface area contributed by atoms with Crippen LogP contribution in [0.15, 0.2) is 60.9 Å². The highest BCUT2D eigenvalue weighted by atomic mass is 35.5. The van der Waals surface area contributed by atoms with Crippen LogP contribution in [0.5, 0.6) is 0 Å². The number of carbonyl (C=O) groups excluding carboxylic acids is 1. The highest BCUT2D eigenvalue weighted by Crippen LogP contribution is 2.20. The zero-order chi connectivity index (χ0) is 16.9. The molecular formula is C18H15ClN4O. The predicted molar refractivity (Wildman–Crippen MR) is 95.9 cm³/mol. The molecule has 0 aliphatic rings. The largest absolute Gasteiger partial charge is 0.324 e. The van der Waals surface area contributed by atoms with Crippen molar-refractivity contribution in [1.29, 1.82) is 0 Å². The molecule has 0 radical (unpaired) electrons. The van der Waals surface area contributed by atoms with Crippen molar-refractivity contribution in [2.75, 3.05) is 10.6 Å². The number of para-hydroxylation sites is 1. The SMILES string of the molecule is Cc1cc(Cl)ccc1NC(=O)c1cnc(Nc2ccccc2)nc1. The van der Waals surface area contributed by atoms with Crippen LogP contribution in [0.1, 0.15) is 15.9 Å². The zero-order valence-corrected chi connectivity index (χ0v) is 13.7. The first-order chi connectivity index (χ1) is 11.6. The first-order valence-electron chi connectivity index (χ1n) is 7.33. The highest BCUT2D eigenvalue weighted by Gasteiger charge is 2.09. The third kappa shape index (κ3) is 3.88. The van der Waals surface area contributed by atoms with E-state index >= 15 is 0 Å². The van der Waals surface area contributed by atoms with E-state index in [1.165, 1.54) is 12.4 Å². The summed E-state index contributed by atoms with van der Waals surface area (Å²) in [5.41, 5.74) is 2.85. The van der Waals surface area contributed by atoms with E-state index in [0.717, 1.165) is 11.3 Å². The van der Waals surface area contributed by atoms with Crippen molar-refractivity contribution in [3.8, 4) is 0 Å². The number of carbonyl (C=O) groups is 1. The highest BCUT2D eigenvalue weighted by molar-refractivity contribution is 6.30. The molecule has 120 valence electrons. The average molecular weight is 339 g/mol. The molecule has 2 aromatic carbocycles. The van der Waals surface area contributed by atoms with E-state index < -0.39 is 0 Å². The number of nitrogens with one attached hydrogen (secondary N) is 2. The van der Waals surface area contributed by atoms with E-state index in [1.54, 1.807) is 18.2 Å². The molecule has 1 heterocycles. The Morgan fingerprint density at radius 2 is 1.75 bits per heavy atom. The lowest BCUT2D eigenvalue weighted by Crippen LogP contribution is -2.13. The Morgan fingerprint density at radius 3 is 2.42 bits per heavy atom. The van der Waals surface area contributed by atoms with Gasteiger partial charge in [0, 0.05) is 28.8 Å². The fourth-order valence-electron chi connectivity index (χ4n) is 2.12. The Labute approximate surface area is 144 Å². The van der Waals surface area contributed by atoms with Gasteiger partial charge in [0.25, 0.3) is 5.91 Å². The molecule has 0 fully saturated rings. The summed E-state index contributed by atoms with van der Waals surface area (Å²) in [5, 5.41) is 6.52. The maximum Gasteiger partial charge on any atom is 0.258 e. The molecule has 6 heteroatoms. The molecule has 0 saturated heterocycles. The Morgan fingerprint density at radius 1 is 1.04 bits per heavy atom. The normalized spacial score (nSPS) is 10.2. The summed E-state index contributed by atoms with van der Waals surface area (Å²) in [6.45, 7) is 1.88. The maximum atomic E-state index is 12.3. The molecule has 2 N–H and O–H groups in total. The number of halogens is 1. The molecule has 5 nitrogen and oxygen atoms in total. The van der Waals surface area contributed by atoms with Crippen LogP contribution in [0.3, 0.4) is 0 Å². The number of hydrogen-bond donors (Lipinski definition) is 2. The molecule has 0 bridgehead atoms. The number of aryl methyl sites for hydroxylation is 1. The van der Waals surface area contributed by atoms with Gasteiger partial charge in [0.15, 0.2) is 0 Å². The van der Waals surface area contributed by atoms with Crippen molar-refractivity contribution in [1.82, 2.24) is 9.97 Å². The van der Waals surface area contributed by atoms with Gasteiger partial charge in [-0.05, 0) is 42.8 Å². The van der Waals surface area contributed by atoms with Crippen molar-refractivity contribution < 1.29 is 4.79 Å². The maximum absolute atomic E-state index is 12.3. The zero-order valence-electron chi connectivity index (χ0n) is 13.0. The molecule has 0 aliphatic heterocycles. The van der Waals surface area contributed by atoms with Gasteiger partial charge in [-0.1, -0.05) is 29.8 Å². The van der Waals surface area contributed by atoms with Crippen molar-refractivity contribution in [2.24, 2.45) is 0 Å². The fourth-order valence-corrected chi connectivity index (χ4v) is 2.35. The van der Waals surface area contributed by atoms with Crippen molar-refractivity contribution >= 4 is 34.8 Å². The molecule has 1 amide bonds. The Bertz CT molecular complexity index is 851. The Kier molecular flexibility index (Phi) is 4.72. The van der Waals surface area contributed by atoms with E-state index in [2.05, 4.69) is 20.6 Å². The molecule has 0 aliphatic carbocycles. The van der Waals surface area contributed by atoms with Gasteiger partial charge in [-0.25, -0.2) is 9.97 Å². The summed E-state index contributed by atoms with van der Waals surface area (Å²) < 4.78 is 0. The second-order valence-electron chi connectivity index (χ2n) is 5.20. The van der Waals surface area contributed by atoms with Gasteiger partial charge in [-0.3, -0.25) is 4.79 Å². The number of rotatable bonds is 4. The number of benzene rings is 2. The summed E-state index contributed by atoms with van der Waals surface area (Å²) in [6.07, 6.45) is 2.97. The Hall–Kier alpha value is -2.92. The van der Waals surface area contributed by atoms with E-state index in [0.29, 0.717) is 22.2 Å². The molecule has 3 aromatic rings. The average Bonchev–Trinajstić information content (AvgIpc) is 2.59. The van der Waals surface area contributed by atoms with Gasteiger partial charge < -0.3 is 10.6 Å². The van der Waals surface area contributed by atoms with Crippen LogP contribution >= 0.6 is 11.6 Å². The monoisotopic (exact) mass is 338 g/mol. The number of aromatic nitrogens is 2. The van der Waals surface area contributed by atoms with Gasteiger partial charge in [-0.15, -0.1) is 0 Å². The number of anilines is 3. The molecule has 24 heavy (non-hydrogen) atoms. The van der Waals surface area contributed by atoms with E-state index in [9.17, 15) is 4.79 Å². The standard InChI is InChI=1S/C18H15ClN4O/c1-12-9-14(19)7-8-16(12)23-17(24)13-10-20-18(21-11-13)22-15-5-3-2-4-6-15/h2-11H,1H3,(H,23,24)(H,20,21,22). The lowest BCUT2D eigenvalue weighted by atomic mass is 10.2. The number of nitrogens with zero attached hydrogens (tertiary/aromatic N) is 2. The molecule has 0 atom stereocenters. The lowest BCUT2D eigenvalue weighted by Gasteiger charge is -2.09. The number of hydrogen-bond acceptors (Lipinski definition) is 4. The van der Waals surface area contributed by atoms with Crippen molar-refractivity contribution in [3.63, 3.8) is 0 Å². The van der Waals surface area contributed by atoms with Crippen LogP contribution in [0.25, 0.3) is 0 Å². The molecule has 0 saturated carbocycles. The quantitative estimate of drug-likeness (QED) is 0.738. The van der Waals surface area contributed by atoms with Gasteiger partial charge in [0.2, 0.25) is 5.95 Å². The molecular weight excluding hydrogens is 324 g/mol. The van der Waals surface area contributed by atoms with E-state index in [1.807, 2.05) is 37.3 Å². The van der Waals surface area contributed by atoms with Crippen molar-refractivity contribution in [3.05, 3.63) is 77.1 Å². The second-order valence-corrected chi connectivity index (χ2v) is 5.64. The fraction of sp³-hybridized carbons (Fsp3) is 0.0556. The van der Waals surface area contributed by atoms with E-state index in [4.69, 9.17) is 11.6 Å². The topological polar surface area (TPSA) is 66.9 Å². The van der Waals surface area contributed by atoms with Crippen LogP contribution in [-0.4, -0.2) is 15.9 Å². The van der Waals surface area contributed by atoms with E-state index in [-0.39, 0.29) is 5.91 Å². The van der Waals surface area contributed by atoms with Crippen LogP contribution in [-0.2, 0) is 0 Å². The van der Waals surface area contributed by atoms with Crippen molar-refractivity contribution in [2.45, 2.75) is 6.92 Å². The van der Waals surface area contributed by atoms with Gasteiger partial charge >= 0.3 is 0 Å². The van der Waals surface area contributed by atoms with Crippen LogP contribution in [0.4, 0.5) is 17.3 Å². The molecule has 0 spiro atoms.